The number of rotatable bonds is 4. The highest BCUT2D eigenvalue weighted by Gasteiger charge is 2.58. The Balaban J connectivity index is 2.06. The lowest BCUT2D eigenvalue weighted by atomic mass is 9.57. The van der Waals surface area contributed by atoms with Gasteiger partial charge in [0, 0.05) is 18.2 Å². The van der Waals surface area contributed by atoms with Crippen LogP contribution >= 0.6 is 0 Å². The number of nitrogens with zero attached hydrogens (tertiary/aromatic N) is 1. The minimum Gasteiger partial charge on any atom is -0.493 e. The van der Waals surface area contributed by atoms with E-state index in [1.54, 1.807) is 6.07 Å². The van der Waals surface area contributed by atoms with Crippen LogP contribution in [0.25, 0.3) is 0 Å². The molecule has 1 aliphatic heterocycles. The first-order chi connectivity index (χ1) is 15.6. The van der Waals surface area contributed by atoms with Gasteiger partial charge in [0.15, 0.2) is 17.3 Å². The molecule has 3 aliphatic rings. The highest BCUT2D eigenvalue weighted by Crippen LogP contribution is 2.58. The number of benzene rings is 1. The number of ether oxygens (including phenoxy) is 4. The smallest absolute Gasteiger partial charge is 0.471 e. The van der Waals surface area contributed by atoms with Gasteiger partial charge in [0.05, 0.1) is 33.9 Å². The van der Waals surface area contributed by atoms with Gasteiger partial charge < -0.3 is 23.8 Å². The molecule has 2 atom stereocenters. The molecular formula is C23H24F3NO6. The van der Waals surface area contributed by atoms with Gasteiger partial charge in [0.2, 0.25) is 11.5 Å². The van der Waals surface area contributed by atoms with Gasteiger partial charge >= 0.3 is 12.1 Å². The molecule has 1 heterocycles. The number of aryl methyl sites for hydroxylation is 1. The summed E-state index contributed by atoms with van der Waals surface area (Å²) >= 11 is 0. The van der Waals surface area contributed by atoms with E-state index < -0.39 is 23.5 Å². The van der Waals surface area contributed by atoms with Crippen molar-refractivity contribution in [3.05, 3.63) is 40.7 Å². The lowest BCUT2D eigenvalue weighted by Gasteiger charge is -2.54. The summed E-state index contributed by atoms with van der Waals surface area (Å²) in [5.74, 6) is -1.32. The zero-order chi connectivity index (χ0) is 24.1. The van der Waals surface area contributed by atoms with E-state index >= 15 is 0 Å². The molecule has 178 valence electrons. The molecule has 1 aromatic carbocycles. The third-order valence-electron chi connectivity index (χ3n) is 6.70. The number of amides is 1. The Labute approximate surface area is 188 Å². The summed E-state index contributed by atoms with van der Waals surface area (Å²) in [6.45, 7) is -0.148. The second kappa shape index (κ2) is 8.00. The Morgan fingerprint density at radius 3 is 2.33 bits per heavy atom. The van der Waals surface area contributed by atoms with Gasteiger partial charge in [-0.05, 0) is 48.6 Å². The van der Waals surface area contributed by atoms with Crippen molar-refractivity contribution in [2.45, 2.75) is 36.9 Å². The lowest BCUT2D eigenvalue weighted by Crippen LogP contribution is -2.62. The van der Waals surface area contributed by atoms with Crippen molar-refractivity contribution < 1.29 is 41.7 Å². The molecule has 2 aliphatic carbocycles. The van der Waals surface area contributed by atoms with Crippen LogP contribution in [0.4, 0.5) is 13.2 Å². The topological polar surface area (TPSA) is 74.3 Å². The van der Waals surface area contributed by atoms with E-state index in [1.807, 2.05) is 0 Å². The maximum atomic E-state index is 13.5. The molecule has 0 aromatic heterocycles. The third kappa shape index (κ3) is 3.26. The minimum absolute atomic E-state index is 0.00487. The molecule has 0 radical (unpaired) electrons. The van der Waals surface area contributed by atoms with E-state index in [9.17, 15) is 22.8 Å². The van der Waals surface area contributed by atoms with Gasteiger partial charge in [-0.3, -0.25) is 9.59 Å². The van der Waals surface area contributed by atoms with Crippen LogP contribution in [0.15, 0.2) is 29.6 Å². The van der Waals surface area contributed by atoms with E-state index in [0.29, 0.717) is 23.3 Å². The van der Waals surface area contributed by atoms with E-state index in [-0.39, 0.29) is 42.4 Å². The number of carbonyl (C=O) groups excluding carboxylic acids is 2. The predicted molar refractivity (Wildman–Crippen MR) is 110 cm³/mol. The van der Waals surface area contributed by atoms with Crippen molar-refractivity contribution in [3.63, 3.8) is 0 Å². The Kier molecular flexibility index (Phi) is 5.58. The standard InChI is InChI=1S/C23H24F3NO6/c1-30-15-9-12-5-6-17-22(18(12)20(33-4)19(15)32-3)11-16(31-2)14(28)10-13(22)7-8-27(17)21(29)23(24,25)26/h9-11,17H,5-8H2,1-4H3/t17?,22-/m0/s1. The first-order valence-electron chi connectivity index (χ1n) is 10.4. The van der Waals surface area contributed by atoms with Crippen LogP contribution in [0.3, 0.4) is 0 Å². The summed E-state index contributed by atoms with van der Waals surface area (Å²) in [6.07, 6.45) is -1.37. The number of halogens is 3. The Hall–Kier alpha value is -3.17. The first-order valence-corrected chi connectivity index (χ1v) is 10.4. The second-order valence-corrected chi connectivity index (χ2v) is 8.10. The van der Waals surface area contributed by atoms with E-state index in [0.717, 1.165) is 10.5 Å². The molecule has 1 fully saturated rings. The summed E-state index contributed by atoms with van der Waals surface area (Å²) < 4.78 is 62.5. The summed E-state index contributed by atoms with van der Waals surface area (Å²) in [5.41, 5.74) is 0.675. The second-order valence-electron chi connectivity index (χ2n) is 8.10. The van der Waals surface area contributed by atoms with Crippen LogP contribution < -0.4 is 14.2 Å². The molecule has 0 bridgehead atoms. The molecule has 0 N–H and O–H groups in total. The van der Waals surface area contributed by atoms with E-state index in [1.165, 1.54) is 40.6 Å². The number of hydrogen-bond donors (Lipinski definition) is 0. The minimum atomic E-state index is -5.03. The Bertz CT molecular complexity index is 1080. The van der Waals surface area contributed by atoms with Gasteiger partial charge in [0.25, 0.3) is 0 Å². The van der Waals surface area contributed by atoms with Crippen molar-refractivity contribution in [1.82, 2.24) is 4.90 Å². The number of fused-ring (bicyclic) bond motifs is 1. The van der Waals surface area contributed by atoms with Crippen LogP contribution in [-0.4, -0.2) is 63.8 Å². The van der Waals surface area contributed by atoms with Crippen molar-refractivity contribution in [2.75, 3.05) is 35.0 Å². The number of ketones is 1. The van der Waals surface area contributed by atoms with Gasteiger partial charge in [0.1, 0.15) is 0 Å². The van der Waals surface area contributed by atoms with Crippen LogP contribution in [-0.2, 0) is 26.2 Å². The average Bonchev–Trinajstić information content (AvgIpc) is 2.79. The molecule has 33 heavy (non-hydrogen) atoms. The summed E-state index contributed by atoms with van der Waals surface area (Å²) in [6, 6.07) is 0.866. The molecular weight excluding hydrogens is 443 g/mol. The molecule has 7 nitrogen and oxygen atoms in total. The molecule has 0 saturated carbocycles. The fourth-order valence-corrected chi connectivity index (χ4v) is 5.45. The van der Waals surface area contributed by atoms with Crippen molar-refractivity contribution in [2.24, 2.45) is 0 Å². The molecule has 1 aromatic rings. The van der Waals surface area contributed by atoms with Crippen molar-refractivity contribution in [3.8, 4) is 17.2 Å². The molecule has 1 amide bonds. The SMILES string of the molecule is COC1=C[C@]23C(=CC1=O)CCN(C(=O)C(F)(F)F)C2CCc1cc(OC)c(OC)c(OC)c13. The fraction of sp³-hybridized carbons (Fsp3) is 0.478. The van der Waals surface area contributed by atoms with Crippen molar-refractivity contribution in [1.29, 1.82) is 0 Å². The largest absolute Gasteiger partial charge is 0.493 e. The average molecular weight is 467 g/mol. The number of hydrogen-bond acceptors (Lipinski definition) is 6. The van der Waals surface area contributed by atoms with Gasteiger partial charge in [-0.15, -0.1) is 0 Å². The highest BCUT2D eigenvalue weighted by molar-refractivity contribution is 6.05. The van der Waals surface area contributed by atoms with Crippen LogP contribution in [0, 0.1) is 0 Å². The zero-order valence-corrected chi connectivity index (χ0v) is 18.7. The van der Waals surface area contributed by atoms with Crippen LogP contribution in [0.1, 0.15) is 24.0 Å². The summed E-state index contributed by atoms with van der Waals surface area (Å²) in [7, 11) is 5.66. The predicted octanol–water partition coefficient (Wildman–Crippen LogP) is 3.10. The Morgan fingerprint density at radius 2 is 1.76 bits per heavy atom. The van der Waals surface area contributed by atoms with Crippen LogP contribution in [0.5, 0.6) is 17.2 Å². The summed E-state index contributed by atoms with van der Waals surface area (Å²) in [5, 5.41) is 0. The zero-order valence-electron chi connectivity index (χ0n) is 18.7. The molecule has 1 spiro atoms. The molecule has 4 rings (SSSR count). The maximum Gasteiger partial charge on any atom is 0.471 e. The normalized spacial score (nSPS) is 24.0. The Morgan fingerprint density at radius 1 is 1.06 bits per heavy atom. The molecule has 10 heteroatoms. The van der Waals surface area contributed by atoms with Crippen molar-refractivity contribution >= 4 is 11.7 Å². The van der Waals surface area contributed by atoms with E-state index in [2.05, 4.69) is 0 Å². The third-order valence-corrected chi connectivity index (χ3v) is 6.70. The fourth-order valence-electron chi connectivity index (χ4n) is 5.45. The van der Waals surface area contributed by atoms with Crippen LogP contribution in [0.2, 0.25) is 0 Å². The van der Waals surface area contributed by atoms with E-state index in [4.69, 9.17) is 18.9 Å². The number of allylic oxidation sites excluding steroid dienone is 1. The van der Waals surface area contributed by atoms with Gasteiger partial charge in [-0.2, -0.15) is 13.2 Å². The maximum absolute atomic E-state index is 13.5. The molecule has 1 unspecified atom stereocenters. The monoisotopic (exact) mass is 467 g/mol. The number of methoxy groups -OCH3 is 4. The lowest BCUT2D eigenvalue weighted by molar-refractivity contribution is -0.190. The van der Waals surface area contributed by atoms with Gasteiger partial charge in [-0.1, -0.05) is 0 Å². The quantitative estimate of drug-likeness (QED) is 0.678. The first kappa shape index (κ1) is 23.0. The number of piperidine rings is 1. The molecule has 1 saturated heterocycles. The number of carbonyl (C=O) groups is 2. The highest BCUT2D eigenvalue weighted by atomic mass is 19.4. The number of likely N-dealkylation sites (tertiary alicyclic amines) is 1. The number of alkyl halides is 3. The van der Waals surface area contributed by atoms with Gasteiger partial charge in [-0.25, -0.2) is 0 Å². The summed E-state index contributed by atoms with van der Waals surface area (Å²) in [4.78, 5) is 25.9.